The predicted molar refractivity (Wildman–Crippen MR) is 87.6 cm³/mol. The van der Waals surface area contributed by atoms with E-state index in [2.05, 4.69) is 10.1 Å². The van der Waals surface area contributed by atoms with Gasteiger partial charge in [-0.15, -0.1) is 0 Å². The molecule has 1 aromatic rings. The zero-order chi connectivity index (χ0) is 20.9. The van der Waals surface area contributed by atoms with Crippen molar-refractivity contribution in [2.75, 3.05) is 7.11 Å². The van der Waals surface area contributed by atoms with Crippen LogP contribution in [0.3, 0.4) is 0 Å². The fourth-order valence-corrected chi connectivity index (χ4v) is 2.33. The third-order valence-corrected chi connectivity index (χ3v) is 4.02. The second kappa shape index (κ2) is 8.69. The van der Waals surface area contributed by atoms with Crippen LogP contribution in [0, 0.1) is 5.92 Å². The molecular weight excluding hydrogens is 371 g/mol. The van der Waals surface area contributed by atoms with Gasteiger partial charge in [-0.3, -0.25) is 19.0 Å². The summed E-state index contributed by atoms with van der Waals surface area (Å²) in [6.07, 6.45) is -4.47. The number of halogens is 3. The normalized spacial score (nSPS) is 13.6. The van der Waals surface area contributed by atoms with Gasteiger partial charge >= 0.3 is 12.1 Å². The van der Waals surface area contributed by atoms with Crippen LogP contribution >= 0.6 is 0 Å². The van der Waals surface area contributed by atoms with E-state index in [1.54, 1.807) is 13.8 Å². The van der Waals surface area contributed by atoms with Crippen molar-refractivity contribution in [1.82, 2.24) is 9.88 Å². The molecule has 2 atom stereocenters. The lowest BCUT2D eigenvalue weighted by atomic mass is 9.99. The summed E-state index contributed by atoms with van der Waals surface area (Å²) in [6, 6.07) is 0.0383. The molecular formula is C16H20F3N3O5. The summed E-state index contributed by atoms with van der Waals surface area (Å²) in [7, 11) is 1.10. The van der Waals surface area contributed by atoms with E-state index in [1.165, 1.54) is 0 Å². The SMILES string of the molecule is CC[C@@H](C)[C@@H](NC(=O)Cn1c(C(F)(F)F)ccc(C(N)=O)c1=O)C(=O)OC. The first kappa shape index (κ1) is 22.2. The molecule has 0 saturated heterocycles. The van der Waals surface area contributed by atoms with Crippen molar-refractivity contribution in [3.8, 4) is 0 Å². The van der Waals surface area contributed by atoms with Crippen molar-refractivity contribution in [2.45, 2.75) is 39.0 Å². The summed E-state index contributed by atoms with van der Waals surface area (Å²) < 4.78 is 44.1. The molecule has 0 fully saturated rings. The highest BCUT2D eigenvalue weighted by Crippen LogP contribution is 2.28. The van der Waals surface area contributed by atoms with Crippen LogP contribution in [0.15, 0.2) is 16.9 Å². The molecule has 150 valence electrons. The lowest BCUT2D eigenvalue weighted by molar-refractivity contribution is -0.148. The van der Waals surface area contributed by atoms with E-state index in [-0.39, 0.29) is 10.5 Å². The van der Waals surface area contributed by atoms with Gasteiger partial charge in [0, 0.05) is 0 Å². The molecule has 0 aromatic carbocycles. The number of carbonyl (C=O) groups is 3. The van der Waals surface area contributed by atoms with Crippen LogP contribution in [0.25, 0.3) is 0 Å². The molecule has 27 heavy (non-hydrogen) atoms. The first-order chi connectivity index (χ1) is 12.4. The second-order valence-electron chi connectivity index (χ2n) is 5.84. The zero-order valence-corrected chi connectivity index (χ0v) is 14.9. The maximum Gasteiger partial charge on any atom is 0.431 e. The van der Waals surface area contributed by atoms with Gasteiger partial charge in [0.1, 0.15) is 23.8 Å². The number of rotatable bonds is 7. The molecule has 0 bridgehead atoms. The summed E-state index contributed by atoms with van der Waals surface area (Å²) in [4.78, 5) is 47.4. The van der Waals surface area contributed by atoms with Crippen molar-refractivity contribution < 1.29 is 32.3 Å². The van der Waals surface area contributed by atoms with Gasteiger partial charge in [-0.2, -0.15) is 13.2 Å². The Morgan fingerprint density at radius 2 is 1.89 bits per heavy atom. The first-order valence-corrected chi connectivity index (χ1v) is 7.92. The van der Waals surface area contributed by atoms with E-state index in [1.807, 2.05) is 0 Å². The number of carbonyl (C=O) groups excluding carboxylic acids is 3. The Kier molecular flexibility index (Phi) is 7.14. The van der Waals surface area contributed by atoms with Crippen molar-refractivity contribution >= 4 is 17.8 Å². The van der Waals surface area contributed by atoms with Gasteiger partial charge in [-0.25, -0.2) is 4.79 Å². The van der Waals surface area contributed by atoms with E-state index in [4.69, 9.17) is 5.73 Å². The summed E-state index contributed by atoms with van der Waals surface area (Å²) >= 11 is 0. The third kappa shape index (κ3) is 5.31. The lowest BCUT2D eigenvalue weighted by Gasteiger charge is -2.22. The number of hydrogen-bond acceptors (Lipinski definition) is 5. The Balaban J connectivity index is 3.27. The van der Waals surface area contributed by atoms with Crippen LogP contribution in [0.4, 0.5) is 13.2 Å². The summed E-state index contributed by atoms with van der Waals surface area (Å²) in [6.45, 7) is 2.33. The molecule has 0 saturated carbocycles. The minimum Gasteiger partial charge on any atom is -0.467 e. The number of methoxy groups -OCH3 is 1. The van der Waals surface area contributed by atoms with Crippen molar-refractivity contribution in [3.05, 3.63) is 33.7 Å². The van der Waals surface area contributed by atoms with Gasteiger partial charge < -0.3 is 15.8 Å². The summed E-state index contributed by atoms with van der Waals surface area (Å²) in [5, 5.41) is 2.26. The van der Waals surface area contributed by atoms with E-state index in [0.717, 1.165) is 7.11 Å². The second-order valence-corrected chi connectivity index (χ2v) is 5.84. The average Bonchev–Trinajstić information content (AvgIpc) is 2.58. The number of amides is 2. The number of ether oxygens (including phenoxy) is 1. The van der Waals surface area contributed by atoms with Crippen LogP contribution in [-0.2, 0) is 27.0 Å². The topological polar surface area (TPSA) is 120 Å². The summed E-state index contributed by atoms with van der Waals surface area (Å²) in [5.41, 5.74) is 1.50. The zero-order valence-electron chi connectivity index (χ0n) is 14.9. The number of aromatic nitrogens is 1. The molecule has 0 spiro atoms. The Hall–Kier alpha value is -2.85. The number of alkyl halides is 3. The molecule has 0 aliphatic heterocycles. The molecule has 0 radical (unpaired) electrons. The molecule has 0 unspecified atom stereocenters. The van der Waals surface area contributed by atoms with Gasteiger partial charge in [0.15, 0.2) is 0 Å². The molecule has 3 N–H and O–H groups in total. The van der Waals surface area contributed by atoms with E-state index in [9.17, 15) is 32.3 Å². The fourth-order valence-electron chi connectivity index (χ4n) is 2.33. The maximum absolute atomic E-state index is 13.2. The molecule has 0 aliphatic rings. The standard InChI is InChI=1S/C16H20F3N3O5/c1-4-8(2)12(15(26)27-3)21-11(23)7-22-10(16(17,18)19)6-5-9(13(20)24)14(22)25/h5-6,8,12H,4,7H2,1-3H3,(H2,20,24)(H,21,23)/t8-,12-/m1/s1. The Labute approximate surface area is 152 Å². The van der Waals surface area contributed by atoms with Crippen molar-refractivity contribution in [3.63, 3.8) is 0 Å². The third-order valence-electron chi connectivity index (χ3n) is 4.02. The highest BCUT2D eigenvalue weighted by atomic mass is 19.4. The predicted octanol–water partition coefficient (Wildman–Crippen LogP) is 0.670. The fraction of sp³-hybridized carbons (Fsp3) is 0.500. The molecule has 1 heterocycles. The molecule has 2 amide bonds. The lowest BCUT2D eigenvalue weighted by Crippen LogP contribution is -2.48. The minimum atomic E-state index is -4.95. The number of nitrogens with one attached hydrogen (secondary N) is 1. The van der Waals surface area contributed by atoms with Crippen LogP contribution in [0.1, 0.15) is 36.3 Å². The first-order valence-electron chi connectivity index (χ1n) is 7.92. The molecule has 1 rings (SSSR count). The minimum absolute atomic E-state index is 0.0976. The Bertz CT molecular complexity index is 788. The number of pyridine rings is 1. The quantitative estimate of drug-likeness (QED) is 0.662. The highest BCUT2D eigenvalue weighted by molar-refractivity contribution is 5.92. The highest BCUT2D eigenvalue weighted by Gasteiger charge is 2.36. The molecule has 8 nitrogen and oxygen atoms in total. The van der Waals surface area contributed by atoms with Gasteiger partial charge in [0.2, 0.25) is 5.91 Å². The number of primary amides is 1. The number of nitrogens with zero attached hydrogens (tertiary/aromatic N) is 1. The number of esters is 1. The van der Waals surface area contributed by atoms with Crippen LogP contribution < -0.4 is 16.6 Å². The van der Waals surface area contributed by atoms with Crippen molar-refractivity contribution in [1.29, 1.82) is 0 Å². The average molecular weight is 391 g/mol. The van der Waals surface area contributed by atoms with Gasteiger partial charge in [0.05, 0.1) is 7.11 Å². The van der Waals surface area contributed by atoms with Gasteiger partial charge in [-0.05, 0) is 18.1 Å². The van der Waals surface area contributed by atoms with E-state index >= 15 is 0 Å². The smallest absolute Gasteiger partial charge is 0.431 e. The number of hydrogen-bond donors (Lipinski definition) is 2. The van der Waals surface area contributed by atoms with Crippen LogP contribution in [0.5, 0.6) is 0 Å². The van der Waals surface area contributed by atoms with Crippen molar-refractivity contribution in [2.24, 2.45) is 11.7 Å². The Morgan fingerprint density at radius 1 is 1.30 bits per heavy atom. The van der Waals surface area contributed by atoms with E-state index in [0.29, 0.717) is 18.6 Å². The Morgan fingerprint density at radius 3 is 2.33 bits per heavy atom. The van der Waals surface area contributed by atoms with Crippen LogP contribution in [0.2, 0.25) is 0 Å². The largest absolute Gasteiger partial charge is 0.467 e. The maximum atomic E-state index is 13.2. The van der Waals surface area contributed by atoms with Gasteiger partial charge in [0.25, 0.3) is 11.5 Å². The van der Waals surface area contributed by atoms with Crippen LogP contribution in [-0.4, -0.2) is 35.5 Å². The molecule has 11 heteroatoms. The molecule has 1 aromatic heterocycles. The monoisotopic (exact) mass is 391 g/mol. The molecule has 0 aliphatic carbocycles. The van der Waals surface area contributed by atoms with Gasteiger partial charge in [-0.1, -0.05) is 20.3 Å². The van der Waals surface area contributed by atoms with E-state index < -0.39 is 53.4 Å². The summed E-state index contributed by atoms with van der Waals surface area (Å²) in [5.74, 6) is -3.39. The number of nitrogens with two attached hydrogens (primary N) is 1.